The molecule has 2 aromatic carbocycles. The molecule has 0 saturated carbocycles. The lowest BCUT2D eigenvalue weighted by atomic mass is 10.2. The van der Waals surface area contributed by atoms with E-state index >= 15 is 0 Å². The van der Waals surface area contributed by atoms with Gasteiger partial charge in [0.2, 0.25) is 0 Å². The molecule has 0 bridgehead atoms. The number of thiazole rings is 1. The molecule has 2 amide bonds. The largest absolute Gasteiger partial charge is 0.495 e. The predicted molar refractivity (Wildman–Crippen MR) is 135 cm³/mol. The highest BCUT2D eigenvalue weighted by atomic mass is 32.1. The molecule has 4 aromatic rings. The summed E-state index contributed by atoms with van der Waals surface area (Å²) in [5.74, 6) is 0.638. The Bertz CT molecular complexity index is 1250. The van der Waals surface area contributed by atoms with Crippen LogP contribution in [0.1, 0.15) is 18.5 Å². The summed E-state index contributed by atoms with van der Waals surface area (Å²) >= 11 is 1.62. The smallest absolute Gasteiger partial charge is 0.322 e. The fraction of sp³-hybridized carbons (Fsp3) is 0.308. The molecule has 0 radical (unpaired) electrons. The summed E-state index contributed by atoms with van der Waals surface area (Å²) < 4.78 is 13.4. The molecular weight excluding hydrogens is 448 g/mol. The van der Waals surface area contributed by atoms with Crippen LogP contribution in [-0.2, 0) is 11.2 Å². The standard InChI is InChI=1S/C26H28N4O3S/c1-32-24-12-6-5-11-22(24)27-25(31)29(16-21-10-7-15-33-21)14-13-20-18-34-26-28-23(17-30(20)26)19-8-3-2-4-9-19/h2-6,8-9,11-12,17-18,21H,7,10,13-16H2,1H3,(H,27,31). The van der Waals surface area contributed by atoms with Gasteiger partial charge in [-0.05, 0) is 25.0 Å². The van der Waals surface area contributed by atoms with Crippen LogP contribution in [0.25, 0.3) is 16.2 Å². The van der Waals surface area contributed by atoms with Gasteiger partial charge in [-0.15, -0.1) is 11.3 Å². The number of fused-ring (bicyclic) bond motifs is 1. The van der Waals surface area contributed by atoms with Gasteiger partial charge >= 0.3 is 6.03 Å². The molecule has 8 heteroatoms. The number of carbonyl (C=O) groups excluding carboxylic acids is 1. The number of rotatable bonds is 8. The molecular formula is C26H28N4O3S. The Labute approximate surface area is 203 Å². The molecule has 3 heterocycles. The first-order valence-electron chi connectivity index (χ1n) is 11.5. The fourth-order valence-corrected chi connectivity index (χ4v) is 5.17. The Hall–Kier alpha value is -3.36. The first kappa shape index (κ1) is 22.4. The molecule has 0 aliphatic carbocycles. The van der Waals surface area contributed by atoms with Crippen LogP contribution in [0.15, 0.2) is 66.2 Å². The number of nitrogens with one attached hydrogen (secondary N) is 1. The molecule has 1 fully saturated rings. The Morgan fingerprint density at radius 3 is 2.85 bits per heavy atom. The number of anilines is 1. The van der Waals surface area contributed by atoms with Crippen molar-refractivity contribution in [2.45, 2.75) is 25.4 Å². The lowest BCUT2D eigenvalue weighted by Gasteiger charge is -2.26. The Balaban J connectivity index is 1.32. The number of ether oxygens (including phenoxy) is 2. The van der Waals surface area contributed by atoms with Crippen LogP contribution < -0.4 is 10.1 Å². The minimum Gasteiger partial charge on any atom is -0.495 e. The maximum atomic E-state index is 13.3. The highest BCUT2D eigenvalue weighted by molar-refractivity contribution is 7.15. The van der Waals surface area contributed by atoms with Crippen molar-refractivity contribution in [3.8, 4) is 17.0 Å². The summed E-state index contributed by atoms with van der Waals surface area (Å²) in [6.07, 6.45) is 4.88. The molecule has 34 heavy (non-hydrogen) atoms. The molecule has 1 saturated heterocycles. The van der Waals surface area contributed by atoms with Gasteiger partial charge in [0.05, 0.1) is 24.6 Å². The topological polar surface area (TPSA) is 68.1 Å². The second-order valence-electron chi connectivity index (χ2n) is 8.33. The summed E-state index contributed by atoms with van der Waals surface area (Å²) in [6.45, 7) is 1.90. The van der Waals surface area contributed by atoms with Crippen molar-refractivity contribution >= 4 is 28.0 Å². The Kier molecular flexibility index (Phi) is 6.78. The van der Waals surface area contributed by atoms with Gasteiger partial charge in [-0.1, -0.05) is 42.5 Å². The third-order valence-corrected chi connectivity index (χ3v) is 6.96. The number of hydrogen-bond donors (Lipinski definition) is 1. The number of nitrogens with zero attached hydrogens (tertiary/aromatic N) is 3. The maximum absolute atomic E-state index is 13.3. The van der Waals surface area contributed by atoms with Crippen molar-refractivity contribution in [1.29, 1.82) is 0 Å². The SMILES string of the molecule is COc1ccccc1NC(=O)N(CCc1csc2nc(-c3ccccc3)cn12)CC1CCCO1. The van der Waals surface area contributed by atoms with E-state index in [1.165, 1.54) is 0 Å². The number of para-hydroxylation sites is 2. The fourth-order valence-electron chi connectivity index (χ4n) is 4.26. The molecule has 2 aromatic heterocycles. The Morgan fingerprint density at radius 1 is 1.24 bits per heavy atom. The third-order valence-electron chi connectivity index (χ3n) is 6.07. The number of urea groups is 1. The van der Waals surface area contributed by atoms with Gasteiger partial charge in [0, 0.05) is 49.0 Å². The van der Waals surface area contributed by atoms with Gasteiger partial charge in [-0.2, -0.15) is 0 Å². The second kappa shape index (κ2) is 10.3. The van der Waals surface area contributed by atoms with Crippen molar-refractivity contribution in [3.63, 3.8) is 0 Å². The van der Waals surface area contributed by atoms with Crippen LogP contribution >= 0.6 is 11.3 Å². The number of carbonyl (C=O) groups is 1. The molecule has 5 rings (SSSR count). The van der Waals surface area contributed by atoms with Gasteiger partial charge in [-0.25, -0.2) is 9.78 Å². The molecule has 1 atom stereocenters. The van der Waals surface area contributed by atoms with Crippen molar-refractivity contribution in [2.24, 2.45) is 0 Å². The average molecular weight is 477 g/mol. The molecule has 176 valence electrons. The van der Waals surface area contributed by atoms with Gasteiger partial charge in [0.1, 0.15) is 5.75 Å². The highest BCUT2D eigenvalue weighted by Gasteiger charge is 2.24. The zero-order valence-electron chi connectivity index (χ0n) is 19.1. The van der Waals surface area contributed by atoms with E-state index < -0.39 is 0 Å². The lowest BCUT2D eigenvalue weighted by molar-refractivity contribution is 0.0838. The number of benzene rings is 2. The normalized spacial score (nSPS) is 15.5. The molecule has 1 unspecified atom stereocenters. The first-order valence-corrected chi connectivity index (χ1v) is 12.4. The second-order valence-corrected chi connectivity index (χ2v) is 9.17. The van der Waals surface area contributed by atoms with Gasteiger partial charge in [-0.3, -0.25) is 4.40 Å². The molecule has 1 aliphatic rings. The zero-order valence-corrected chi connectivity index (χ0v) is 20.0. The van der Waals surface area contributed by atoms with Crippen LogP contribution in [-0.4, -0.2) is 53.2 Å². The Morgan fingerprint density at radius 2 is 2.06 bits per heavy atom. The van der Waals surface area contributed by atoms with Gasteiger partial charge in [0.15, 0.2) is 4.96 Å². The van der Waals surface area contributed by atoms with E-state index in [0.29, 0.717) is 24.5 Å². The van der Waals surface area contributed by atoms with Crippen LogP contribution in [0.4, 0.5) is 10.5 Å². The van der Waals surface area contributed by atoms with E-state index in [1.807, 2.05) is 47.4 Å². The van der Waals surface area contributed by atoms with Crippen LogP contribution in [0.3, 0.4) is 0 Å². The maximum Gasteiger partial charge on any atom is 0.322 e. The highest BCUT2D eigenvalue weighted by Crippen LogP contribution is 2.26. The number of methoxy groups -OCH3 is 1. The summed E-state index contributed by atoms with van der Waals surface area (Å²) in [7, 11) is 1.60. The van der Waals surface area contributed by atoms with E-state index in [9.17, 15) is 4.79 Å². The van der Waals surface area contributed by atoms with E-state index in [4.69, 9.17) is 14.5 Å². The predicted octanol–water partition coefficient (Wildman–Crippen LogP) is 5.33. The van der Waals surface area contributed by atoms with E-state index in [2.05, 4.69) is 33.4 Å². The number of imidazole rings is 1. The minimum atomic E-state index is -0.151. The van der Waals surface area contributed by atoms with Crippen molar-refractivity contribution in [3.05, 3.63) is 71.9 Å². The molecule has 0 spiro atoms. The number of hydrogen-bond acceptors (Lipinski definition) is 5. The zero-order chi connectivity index (χ0) is 23.3. The van der Waals surface area contributed by atoms with E-state index in [1.54, 1.807) is 18.4 Å². The first-order chi connectivity index (χ1) is 16.7. The van der Waals surface area contributed by atoms with Crippen LogP contribution in [0.2, 0.25) is 0 Å². The summed E-state index contributed by atoms with van der Waals surface area (Å²) in [4.78, 5) is 20.9. The summed E-state index contributed by atoms with van der Waals surface area (Å²) in [5, 5.41) is 5.14. The summed E-state index contributed by atoms with van der Waals surface area (Å²) in [5.41, 5.74) is 3.85. The number of amides is 2. The van der Waals surface area contributed by atoms with Gasteiger partial charge in [0.25, 0.3) is 0 Å². The molecule has 1 aliphatic heterocycles. The minimum absolute atomic E-state index is 0.0730. The molecule has 1 N–H and O–H groups in total. The van der Waals surface area contributed by atoms with Crippen molar-refractivity contribution in [1.82, 2.24) is 14.3 Å². The van der Waals surface area contributed by atoms with Crippen molar-refractivity contribution in [2.75, 3.05) is 32.1 Å². The lowest BCUT2D eigenvalue weighted by Crippen LogP contribution is -2.41. The number of aromatic nitrogens is 2. The van der Waals surface area contributed by atoms with Crippen molar-refractivity contribution < 1.29 is 14.3 Å². The quantitative estimate of drug-likeness (QED) is 0.373. The van der Waals surface area contributed by atoms with E-state index in [0.717, 1.165) is 47.8 Å². The monoisotopic (exact) mass is 476 g/mol. The van der Waals surface area contributed by atoms with Gasteiger partial charge < -0.3 is 19.7 Å². The van der Waals surface area contributed by atoms with Crippen LogP contribution in [0, 0.1) is 0 Å². The third kappa shape index (κ3) is 4.93. The molecule has 7 nitrogen and oxygen atoms in total. The summed E-state index contributed by atoms with van der Waals surface area (Å²) in [6, 6.07) is 17.5. The van der Waals surface area contributed by atoms with E-state index in [-0.39, 0.29) is 12.1 Å². The average Bonchev–Trinajstić information content (AvgIpc) is 3.61. The van der Waals surface area contributed by atoms with Crippen LogP contribution in [0.5, 0.6) is 5.75 Å².